The van der Waals surface area contributed by atoms with E-state index in [1.165, 1.54) is 24.0 Å². The molecule has 18 heteroatoms. The Hall–Kier alpha value is -9.64. The van der Waals surface area contributed by atoms with Crippen LogP contribution in [0.5, 0.6) is 34.5 Å². The molecule has 2 atom stereocenters. The normalized spacial score (nSPS) is 11.7. The van der Waals surface area contributed by atoms with Crippen molar-refractivity contribution < 1.29 is 46.8 Å². The number of benzene rings is 8. The summed E-state index contributed by atoms with van der Waals surface area (Å²) in [5.41, 5.74) is 3.21. The molecule has 0 saturated heterocycles. The number of halogens is 2. The molecule has 8 aromatic carbocycles. The Balaban J connectivity index is 0.867. The first kappa shape index (κ1) is 53.7. The number of anilines is 2. The predicted octanol–water partition coefficient (Wildman–Crippen LogP) is 13.8. The van der Waals surface area contributed by atoms with E-state index >= 15 is 0 Å². The van der Waals surface area contributed by atoms with Gasteiger partial charge in [0.25, 0.3) is 11.8 Å². The third-order valence-corrected chi connectivity index (χ3v) is 13.6. The van der Waals surface area contributed by atoms with Gasteiger partial charge in [0.1, 0.15) is 58.7 Å². The summed E-state index contributed by atoms with van der Waals surface area (Å²) in [6.45, 7) is 0.173. The van der Waals surface area contributed by atoms with Gasteiger partial charge in [-0.25, -0.2) is 0 Å². The number of carbonyl (C=O) groups is 2. The van der Waals surface area contributed by atoms with E-state index in [0.29, 0.717) is 103 Å². The summed E-state index contributed by atoms with van der Waals surface area (Å²) in [5, 5.41) is 17.0. The molecule has 2 heterocycles. The van der Waals surface area contributed by atoms with Crippen molar-refractivity contribution in [2.45, 2.75) is 11.0 Å². The van der Waals surface area contributed by atoms with Crippen molar-refractivity contribution in [3.8, 4) is 80.3 Å². The first-order valence-corrected chi connectivity index (χ1v) is 25.8. The molecular formula is C62H50Cl2N6O10. The molecular weight excluding hydrogens is 1060 g/mol. The van der Waals surface area contributed by atoms with E-state index in [-0.39, 0.29) is 13.2 Å². The van der Waals surface area contributed by atoms with Gasteiger partial charge in [0.2, 0.25) is 23.6 Å². The van der Waals surface area contributed by atoms with E-state index in [4.69, 9.17) is 60.5 Å². The maximum Gasteiger partial charge on any atom is 0.259 e. The lowest BCUT2D eigenvalue weighted by Crippen LogP contribution is -2.32. The van der Waals surface area contributed by atoms with Gasteiger partial charge in [0.15, 0.2) is 0 Å². The second-order valence-corrected chi connectivity index (χ2v) is 18.5. The summed E-state index contributed by atoms with van der Waals surface area (Å²) in [6.07, 6.45) is 0. The third kappa shape index (κ3) is 11.9. The van der Waals surface area contributed by atoms with Crippen LogP contribution in [0.25, 0.3) is 45.8 Å². The number of methoxy groups -OCH3 is 4. The van der Waals surface area contributed by atoms with Crippen molar-refractivity contribution >= 4 is 46.4 Å². The molecule has 0 saturated carbocycles. The zero-order valence-electron chi connectivity index (χ0n) is 43.6. The standard InChI is InChI=1S/C62H50Cl2N6O10/c1-73-47-27-19-43(20-28-47)61(71)69(45-23-15-41(16-24-45)59-67-65-57(79-59)39-11-7-5-8-12-39)55(63)51-37-49(31-33-53(51)75-3)77-35-36-78-50-32-34-54(76-4)52(38-50)56(64)70(62(72)44-21-29-48(74-2)30-22-44)46-25-17-42(18-26-46)60-68-66-58(80-60)40-13-9-6-10-14-40/h5-34,37-38,55-56H,35-36H2,1-4H3. The van der Waals surface area contributed by atoms with Gasteiger partial charge in [-0.05, 0) is 158 Å². The molecule has 16 nitrogen and oxygen atoms in total. The van der Waals surface area contributed by atoms with Crippen LogP contribution in [0.2, 0.25) is 0 Å². The molecule has 80 heavy (non-hydrogen) atoms. The van der Waals surface area contributed by atoms with Crippen molar-refractivity contribution in [1.29, 1.82) is 0 Å². The molecule has 10 aromatic rings. The average Bonchev–Trinajstić information content (AvgIpc) is 4.26. The molecule has 0 fully saturated rings. The van der Waals surface area contributed by atoms with Crippen LogP contribution in [0.1, 0.15) is 42.8 Å². The lowest BCUT2D eigenvalue weighted by atomic mass is 10.1. The minimum atomic E-state index is -1.10. The van der Waals surface area contributed by atoms with Crippen LogP contribution in [-0.2, 0) is 0 Å². The Morgan fingerprint density at radius 2 is 0.738 bits per heavy atom. The number of rotatable bonds is 21. The highest BCUT2D eigenvalue weighted by atomic mass is 35.5. The highest BCUT2D eigenvalue weighted by Crippen LogP contribution is 2.42. The molecule has 2 aromatic heterocycles. The first-order chi connectivity index (χ1) is 39.1. The van der Waals surface area contributed by atoms with Crippen molar-refractivity contribution in [1.82, 2.24) is 20.4 Å². The monoisotopic (exact) mass is 1110 g/mol. The van der Waals surface area contributed by atoms with Crippen molar-refractivity contribution in [3.63, 3.8) is 0 Å². The molecule has 0 aliphatic carbocycles. The van der Waals surface area contributed by atoms with Crippen LogP contribution < -0.4 is 38.2 Å². The number of amides is 2. The van der Waals surface area contributed by atoms with E-state index in [1.54, 1.807) is 148 Å². The van der Waals surface area contributed by atoms with Gasteiger partial charge in [-0.2, -0.15) is 0 Å². The zero-order chi connectivity index (χ0) is 55.5. The van der Waals surface area contributed by atoms with Crippen molar-refractivity contribution in [2.24, 2.45) is 0 Å². The van der Waals surface area contributed by atoms with Gasteiger partial charge in [-0.3, -0.25) is 19.4 Å². The summed E-state index contributed by atoms with van der Waals surface area (Å²) in [6, 6.07) is 56.9. The average molecular weight is 1110 g/mol. The van der Waals surface area contributed by atoms with Crippen LogP contribution >= 0.6 is 23.2 Å². The fraction of sp³-hybridized carbons (Fsp3) is 0.129. The van der Waals surface area contributed by atoms with Crippen LogP contribution in [-0.4, -0.2) is 73.9 Å². The summed E-state index contributed by atoms with van der Waals surface area (Å²) in [5.74, 6) is 3.43. The minimum absolute atomic E-state index is 0.0866. The number of hydrogen-bond donors (Lipinski definition) is 0. The van der Waals surface area contributed by atoms with Crippen LogP contribution in [0.15, 0.2) is 203 Å². The number of ether oxygens (including phenoxy) is 6. The second-order valence-electron chi connectivity index (χ2n) is 17.6. The number of aromatic nitrogens is 4. The SMILES string of the molecule is COc1ccc(C(=O)N(c2ccc(-c3nnc(-c4ccccc4)o3)cc2)C(Cl)c2cc(OCCOc3ccc(OC)c(C(Cl)N(C(=O)c4ccc(OC)cc4)c4ccc(-c5nnc(-c6ccccc6)o5)cc4)c3)ccc2OC)cc1. The maximum absolute atomic E-state index is 14.6. The maximum atomic E-state index is 14.6. The Kier molecular flexibility index (Phi) is 16.7. The topological polar surface area (TPSA) is 174 Å². The van der Waals surface area contributed by atoms with Gasteiger partial charge in [0.05, 0.1) is 28.4 Å². The largest absolute Gasteiger partial charge is 0.497 e. The molecule has 2 amide bonds. The molecule has 0 aliphatic heterocycles. The van der Waals surface area contributed by atoms with E-state index in [9.17, 15) is 9.59 Å². The van der Waals surface area contributed by atoms with E-state index < -0.39 is 22.8 Å². The molecule has 402 valence electrons. The van der Waals surface area contributed by atoms with Gasteiger partial charge in [0, 0.05) is 55.9 Å². The highest BCUT2D eigenvalue weighted by molar-refractivity contribution is 6.27. The van der Waals surface area contributed by atoms with Crippen LogP contribution in [0.3, 0.4) is 0 Å². The number of hydrogen-bond acceptors (Lipinski definition) is 14. The first-order valence-electron chi connectivity index (χ1n) is 25.0. The summed E-state index contributed by atoms with van der Waals surface area (Å²) >= 11 is 14.8. The molecule has 0 spiro atoms. The molecule has 0 bridgehead atoms. The lowest BCUT2D eigenvalue weighted by molar-refractivity contribution is 0.0975. The fourth-order valence-corrected chi connectivity index (χ4v) is 9.37. The van der Waals surface area contributed by atoms with Gasteiger partial charge >= 0.3 is 0 Å². The fourth-order valence-electron chi connectivity index (χ4n) is 8.63. The summed E-state index contributed by atoms with van der Waals surface area (Å²) in [4.78, 5) is 32.1. The molecule has 0 radical (unpaired) electrons. The quantitative estimate of drug-likeness (QED) is 0.0378. The second kappa shape index (κ2) is 24.8. The smallest absolute Gasteiger partial charge is 0.259 e. The number of carbonyl (C=O) groups excluding carboxylic acids is 2. The van der Waals surface area contributed by atoms with Crippen molar-refractivity contribution in [3.05, 3.63) is 216 Å². The highest BCUT2D eigenvalue weighted by Gasteiger charge is 2.31. The van der Waals surface area contributed by atoms with Gasteiger partial charge in [-0.15, -0.1) is 20.4 Å². The molecule has 10 rings (SSSR count). The van der Waals surface area contributed by atoms with Crippen LogP contribution in [0.4, 0.5) is 11.4 Å². The molecule has 0 N–H and O–H groups in total. The Labute approximate surface area is 470 Å². The summed E-state index contributed by atoms with van der Waals surface area (Å²) in [7, 11) is 6.15. The number of nitrogens with zero attached hydrogens (tertiary/aromatic N) is 6. The molecule has 2 unspecified atom stereocenters. The Morgan fingerprint density at radius 3 is 1.06 bits per heavy atom. The zero-order valence-corrected chi connectivity index (χ0v) is 45.1. The Bertz CT molecular complexity index is 3450. The van der Waals surface area contributed by atoms with Crippen molar-refractivity contribution in [2.75, 3.05) is 51.5 Å². The summed E-state index contributed by atoms with van der Waals surface area (Å²) < 4.78 is 46.8. The lowest BCUT2D eigenvalue weighted by Gasteiger charge is -2.29. The van der Waals surface area contributed by atoms with Gasteiger partial charge < -0.3 is 37.3 Å². The van der Waals surface area contributed by atoms with Gasteiger partial charge in [-0.1, -0.05) is 59.6 Å². The van der Waals surface area contributed by atoms with E-state index in [1.807, 2.05) is 60.7 Å². The Morgan fingerprint density at radius 1 is 0.412 bits per heavy atom. The van der Waals surface area contributed by atoms with E-state index in [0.717, 1.165) is 11.1 Å². The minimum Gasteiger partial charge on any atom is -0.497 e. The van der Waals surface area contributed by atoms with E-state index in [2.05, 4.69) is 20.4 Å². The molecule has 0 aliphatic rings. The third-order valence-electron chi connectivity index (χ3n) is 12.8. The predicted molar refractivity (Wildman–Crippen MR) is 304 cm³/mol. The number of alkyl halides is 2. The van der Waals surface area contributed by atoms with Crippen LogP contribution in [0, 0.1) is 0 Å².